The van der Waals surface area contributed by atoms with Gasteiger partial charge in [0.15, 0.2) is 0 Å². The Hall–Kier alpha value is -3.67. The van der Waals surface area contributed by atoms with Gasteiger partial charge in [0.05, 0.1) is 11.4 Å². The van der Waals surface area contributed by atoms with Gasteiger partial charge in [0.25, 0.3) is 5.91 Å². The van der Waals surface area contributed by atoms with Crippen molar-refractivity contribution in [2.24, 2.45) is 0 Å². The molecule has 0 atom stereocenters. The van der Waals surface area contributed by atoms with Crippen molar-refractivity contribution < 1.29 is 4.79 Å². The van der Waals surface area contributed by atoms with Crippen molar-refractivity contribution >= 4 is 50.4 Å². The van der Waals surface area contributed by atoms with Crippen molar-refractivity contribution in [2.45, 2.75) is 6.92 Å². The zero-order valence-electron chi connectivity index (χ0n) is 17.8. The number of nitrogens with zero attached hydrogens (tertiary/aromatic N) is 1. The van der Waals surface area contributed by atoms with Gasteiger partial charge in [-0.25, -0.2) is 4.98 Å². The van der Waals surface area contributed by atoms with Gasteiger partial charge in [-0.3, -0.25) is 4.79 Å². The average Bonchev–Trinajstić information content (AvgIpc) is 3.17. The van der Waals surface area contributed by atoms with E-state index in [1.165, 1.54) is 11.3 Å². The topological polar surface area (TPSA) is 68.0 Å². The van der Waals surface area contributed by atoms with E-state index in [1.54, 1.807) is 0 Å². The maximum absolute atomic E-state index is 13.2. The predicted octanol–water partition coefficient (Wildman–Crippen LogP) is 7.43. The number of amides is 1. The summed E-state index contributed by atoms with van der Waals surface area (Å²) >= 11 is 7.38. The van der Waals surface area contributed by atoms with Crippen LogP contribution in [0.5, 0.6) is 0 Å². The van der Waals surface area contributed by atoms with Crippen molar-refractivity contribution in [3.8, 4) is 22.4 Å². The number of halogens is 1. The molecular weight excluding hydrogens is 450 g/mol. The van der Waals surface area contributed by atoms with Crippen LogP contribution in [0.2, 0.25) is 5.02 Å². The Balaban J connectivity index is 1.68. The number of carbonyl (C=O) groups excluding carboxylic acids is 1. The fourth-order valence-electron chi connectivity index (χ4n) is 3.80. The molecule has 0 fully saturated rings. The molecule has 3 N–H and O–H groups in total. The highest BCUT2D eigenvalue weighted by molar-refractivity contribution is 7.21. The Morgan fingerprint density at radius 2 is 1.64 bits per heavy atom. The molecule has 6 heteroatoms. The second-order valence-electron chi connectivity index (χ2n) is 7.72. The van der Waals surface area contributed by atoms with Crippen LogP contribution in [0.1, 0.15) is 15.2 Å². The Labute approximate surface area is 200 Å². The molecule has 0 aliphatic heterocycles. The van der Waals surface area contributed by atoms with Gasteiger partial charge in [0, 0.05) is 21.7 Å². The number of nitrogens with one attached hydrogen (secondary N) is 1. The second-order valence-corrected chi connectivity index (χ2v) is 9.16. The first-order valence-corrected chi connectivity index (χ1v) is 11.6. The van der Waals surface area contributed by atoms with Gasteiger partial charge in [-0.1, -0.05) is 72.3 Å². The highest BCUT2D eigenvalue weighted by atomic mass is 35.5. The van der Waals surface area contributed by atoms with Gasteiger partial charge in [-0.05, 0) is 47.9 Å². The number of fused-ring (bicyclic) bond motifs is 1. The summed E-state index contributed by atoms with van der Waals surface area (Å²) in [5.74, 6) is -0.239. The van der Waals surface area contributed by atoms with Crippen molar-refractivity contribution in [1.29, 1.82) is 0 Å². The smallest absolute Gasteiger partial charge is 0.267 e. The zero-order chi connectivity index (χ0) is 22.9. The molecule has 0 bridgehead atoms. The maximum Gasteiger partial charge on any atom is 0.267 e. The van der Waals surface area contributed by atoms with Crippen molar-refractivity contribution in [1.82, 2.24) is 4.98 Å². The molecule has 4 nitrogen and oxygen atoms in total. The zero-order valence-corrected chi connectivity index (χ0v) is 19.4. The van der Waals surface area contributed by atoms with Gasteiger partial charge in [0.2, 0.25) is 0 Å². The van der Waals surface area contributed by atoms with Crippen molar-refractivity contribution in [3.63, 3.8) is 0 Å². The Kier molecular flexibility index (Phi) is 5.58. The third-order valence-corrected chi connectivity index (χ3v) is 6.87. The van der Waals surface area contributed by atoms with Crippen LogP contribution in [0.3, 0.4) is 0 Å². The number of rotatable bonds is 4. The average molecular weight is 470 g/mol. The molecular formula is C27H20ClN3OS. The van der Waals surface area contributed by atoms with Crippen LogP contribution in [0.15, 0.2) is 84.9 Å². The van der Waals surface area contributed by atoms with Crippen LogP contribution in [0.25, 0.3) is 32.6 Å². The molecule has 0 unspecified atom stereocenters. The van der Waals surface area contributed by atoms with E-state index in [1.807, 2.05) is 91.9 Å². The molecule has 2 aromatic heterocycles. The molecule has 0 saturated heterocycles. The van der Waals surface area contributed by atoms with Crippen LogP contribution in [0.4, 0.5) is 11.4 Å². The molecule has 0 saturated carbocycles. The third kappa shape index (κ3) is 4.09. The fourth-order valence-corrected chi connectivity index (χ4v) is 4.94. The minimum absolute atomic E-state index is 0.239. The number of hydrogen-bond donors (Lipinski definition) is 2. The summed E-state index contributed by atoms with van der Waals surface area (Å²) in [6.07, 6.45) is 0. The van der Waals surface area contributed by atoms with Crippen LogP contribution < -0.4 is 11.1 Å². The molecule has 2 heterocycles. The number of aryl methyl sites for hydroxylation is 1. The van der Waals surface area contributed by atoms with E-state index in [2.05, 4.69) is 5.32 Å². The summed E-state index contributed by atoms with van der Waals surface area (Å²) in [5.41, 5.74) is 12.4. The quantitative estimate of drug-likeness (QED) is 0.287. The summed E-state index contributed by atoms with van der Waals surface area (Å²) in [5, 5.41) is 4.45. The Morgan fingerprint density at radius 1 is 0.939 bits per heavy atom. The van der Waals surface area contributed by atoms with Crippen LogP contribution in [-0.4, -0.2) is 10.9 Å². The molecule has 0 aliphatic carbocycles. The number of nitrogens with two attached hydrogens (primary N) is 1. The van der Waals surface area contributed by atoms with Gasteiger partial charge in [0.1, 0.15) is 9.71 Å². The number of pyridine rings is 1. The highest BCUT2D eigenvalue weighted by Crippen LogP contribution is 2.41. The van der Waals surface area contributed by atoms with Crippen LogP contribution >= 0.6 is 22.9 Å². The number of hydrogen-bond acceptors (Lipinski definition) is 4. The third-order valence-electron chi connectivity index (χ3n) is 5.52. The number of para-hydroxylation sites is 1. The summed E-state index contributed by atoms with van der Waals surface area (Å²) in [6, 6.07) is 27.3. The van der Waals surface area contributed by atoms with Gasteiger partial charge in [-0.15, -0.1) is 11.3 Å². The lowest BCUT2D eigenvalue weighted by Gasteiger charge is -2.09. The highest BCUT2D eigenvalue weighted by Gasteiger charge is 2.22. The minimum atomic E-state index is -0.239. The van der Waals surface area contributed by atoms with E-state index in [0.717, 1.165) is 39.0 Å². The number of carbonyl (C=O) groups is 1. The molecule has 162 valence electrons. The second kappa shape index (κ2) is 8.70. The summed E-state index contributed by atoms with van der Waals surface area (Å²) in [4.78, 5) is 19.2. The molecule has 3 aromatic carbocycles. The molecule has 0 aliphatic rings. The van der Waals surface area contributed by atoms with E-state index in [0.29, 0.717) is 20.4 Å². The van der Waals surface area contributed by atoms with E-state index in [4.69, 9.17) is 22.3 Å². The minimum Gasteiger partial charge on any atom is -0.397 e. The van der Waals surface area contributed by atoms with E-state index in [9.17, 15) is 4.79 Å². The first-order valence-electron chi connectivity index (χ1n) is 10.4. The SMILES string of the molecule is Cc1ccccc1NC(=O)c1sc2nc(-c3ccc(Cl)cc3)cc(-c3ccccc3)c2c1N. The van der Waals surface area contributed by atoms with E-state index in [-0.39, 0.29) is 5.91 Å². The lowest BCUT2D eigenvalue weighted by molar-refractivity contribution is 0.103. The first kappa shape index (κ1) is 21.2. The Bertz CT molecular complexity index is 1480. The molecule has 0 radical (unpaired) electrons. The fraction of sp³-hybridized carbons (Fsp3) is 0.0370. The number of aromatic nitrogens is 1. The molecule has 33 heavy (non-hydrogen) atoms. The molecule has 0 spiro atoms. The maximum atomic E-state index is 13.2. The number of anilines is 2. The largest absolute Gasteiger partial charge is 0.397 e. The summed E-state index contributed by atoms with van der Waals surface area (Å²) in [6.45, 7) is 1.96. The lowest BCUT2D eigenvalue weighted by atomic mass is 9.99. The number of thiophene rings is 1. The molecule has 5 rings (SSSR count). The normalized spacial score (nSPS) is 11.0. The molecule has 1 amide bonds. The van der Waals surface area contributed by atoms with Gasteiger partial charge in [-0.2, -0.15) is 0 Å². The predicted molar refractivity (Wildman–Crippen MR) is 139 cm³/mol. The van der Waals surface area contributed by atoms with Gasteiger partial charge < -0.3 is 11.1 Å². The number of nitrogen functional groups attached to an aromatic ring is 1. The summed E-state index contributed by atoms with van der Waals surface area (Å²) < 4.78 is 0. The van der Waals surface area contributed by atoms with Gasteiger partial charge >= 0.3 is 0 Å². The van der Waals surface area contributed by atoms with Crippen LogP contribution in [-0.2, 0) is 0 Å². The molecule has 5 aromatic rings. The lowest BCUT2D eigenvalue weighted by Crippen LogP contribution is -2.12. The number of benzene rings is 3. The Morgan fingerprint density at radius 3 is 2.36 bits per heavy atom. The summed E-state index contributed by atoms with van der Waals surface area (Å²) in [7, 11) is 0. The first-order chi connectivity index (χ1) is 16.0. The van der Waals surface area contributed by atoms with Crippen LogP contribution in [0, 0.1) is 6.92 Å². The monoisotopic (exact) mass is 469 g/mol. The van der Waals surface area contributed by atoms with E-state index >= 15 is 0 Å². The van der Waals surface area contributed by atoms with E-state index < -0.39 is 0 Å². The van der Waals surface area contributed by atoms with Crippen molar-refractivity contribution in [2.75, 3.05) is 11.1 Å². The van der Waals surface area contributed by atoms with Crippen molar-refractivity contribution in [3.05, 3.63) is 100 Å². The standard InChI is InChI=1S/C27H20ClN3OS/c1-16-7-5-6-10-21(16)30-26(32)25-24(29)23-20(17-8-3-2-4-9-17)15-22(31-27(23)33-25)18-11-13-19(28)14-12-18/h2-15H,29H2,1H3,(H,30,32).